The molecule has 28 heavy (non-hydrogen) atoms. The summed E-state index contributed by atoms with van der Waals surface area (Å²) in [6.07, 6.45) is 0. The van der Waals surface area contributed by atoms with Gasteiger partial charge in [-0.1, -0.05) is 51.8 Å². The van der Waals surface area contributed by atoms with Crippen LogP contribution in [-0.2, 0) is 16.6 Å². The molecule has 0 aliphatic heterocycles. The maximum absolute atomic E-state index is 12.6. The summed E-state index contributed by atoms with van der Waals surface area (Å²) in [5.41, 5.74) is 1.32. The Labute approximate surface area is 176 Å². The van der Waals surface area contributed by atoms with Gasteiger partial charge in [-0.2, -0.15) is 0 Å². The normalized spacial score (nSPS) is 11.1. The van der Waals surface area contributed by atoms with E-state index < -0.39 is 10.0 Å². The van der Waals surface area contributed by atoms with Crippen molar-refractivity contribution in [1.29, 1.82) is 0 Å². The van der Waals surface area contributed by atoms with Crippen molar-refractivity contribution in [3.8, 4) is 0 Å². The minimum atomic E-state index is -3.82. The van der Waals surface area contributed by atoms with Crippen molar-refractivity contribution in [3.05, 3.63) is 93.4 Å². The van der Waals surface area contributed by atoms with Gasteiger partial charge in [-0.15, -0.1) is 0 Å². The molecule has 0 heterocycles. The number of sulfonamides is 1. The molecule has 0 saturated carbocycles. The molecule has 0 spiro atoms. The molecule has 3 aromatic carbocycles. The summed E-state index contributed by atoms with van der Waals surface area (Å²) in [5, 5.41) is 3.40. The third kappa shape index (κ3) is 5.13. The van der Waals surface area contributed by atoms with Crippen molar-refractivity contribution in [3.63, 3.8) is 0 Å². The standard InChI is InChI=1S/C20H16BrClN2O3S/c21-15-7-11-17(12-8-15)28(26,27)24-19-4-2-1-3-18(19)20(25)23-13-14-5-9-16(22)10-6-14/h1-12,24H,13H2,(H,23,25). The van der Waals surface area contributed by atoms with Gasteiger partial charge in [0.1, 0.15) is 0 Å². The molecule has 3 aromatic rings. The highest BCUT2D eigenvalue weighted by atomic mass is 79.9. The van der Waals surface area contributed by atoms with Gasteiger partial charge >= 0.3 is 0 Å². The van der Waals surface area contributed by atoms with E-state index in [-0.39, 0.29) is 22.1 Å². The van der Waals surface area contributed by atoms with Gasteiger partial charge in [-0.3, -0.25) is 9.52 Å². The summed E-state index contributed by atoms with van der Waals surface area (Å²) in [4.78, 5) is 12.7. The summed E-state index contributed by atoms with van der Waals surface area (Å²) in [6, 6.07) is 19.8. The van der Waals surface area contributed by atoms with Crippen molar-refractivity contribution >= 4 is 49.1 Å². The Kier molecular flexibility index (Phi) is 6.39. The van der Waals surface area contributed by atoms with Crippen LogP contribution in [0.15, 0.2) is 82.2 Å². The average Bonchev–Trinajstić information content (AvgIpc) is 2.68. The number of carbonyl (C=O) groups excluding carboxylic acids is 1. The van der Waals surface area contributed by atoms with E-state index in [0.29, 0.717) is 11.6 Å². The summed E-state index contributed by atoms with van der Waals surface area (Å²) in [5.74, 6) is -0.385. The van der Waals surface area contributed by atoms with Gasteiger partial charge in [0.2, 0.25) is 0 Å². The SMILES string of the molecule is O=C(NCc1ccc(Cl)cc1)c1ccccc1NS(=O)(=O)c1ccc(Br)cc1. The van der Waals surface area contributed by atoms with Gasteiger partial charge in [0.25, 0.3) is 15.9 Å². The number of rotatable bonds is 6. The Morgan fingerprint density at radius 2 is 1.57 bits per heavy atom. The van der Waals surface area contributed by atoms with E-state index >= 15 is 0 Å². The van der Waals surface area contributed by atoms with Crippen LogP contribution in [0.2, 0.25) is 5.02 Å². The molecule has 1 amide bonds. The zero-order valence-corrected chi connectivity index (χ0v) is 17.7. The molecule has 0 radical (unpaired) electrons. The topological polar surface area (TPSA) is 75.3 Å². The molecule has 0 unspecified atom stereocenters. The Morgan fingerprint density at radius 3 is 2.25 bits per heavy atom. The van der Waals surface area contributed by atoms with Gasteiger partial charge in [0.15, 0.2) is 0 Å². The summed E-state index contributed by atoms with van der Waals surface area (Å²) in [7, 11) is -3.82. The van der Waals surface area contributed by atoms with Crippen molar-refractivity contribution < 1.29 is 13.2 Å². The second kappa shape index (κ2) is 8.77. The van der Waals surface area contributed by atoms with Crippen molar-refractivity contribution in [2.75, 3.05) is 4.72 Å². The van der Waals surface area contributed by atoms with Crippen LogP contribution >= 0.6 is 27.5 Å². The first kappa shape index (κ1) is 20.4. The molecule has 0 aromatic heterocycles. The number of hydrogen-bond acceptors (Lipinski definition) is 3. The number of benzene rings is 3. The van der Waals surface area contributed by atoms with Crippen LogP contribution in [0.3, 0.4) is 0 Å². The average molecular weight is 480 g/mol. The Hall–Kier alpha value is -2.35. The number of para-hydroxylation sites is 1. The maximum atomic E-state index is 12.6. The highest BCUT2D eigenvalue weighted by Crippen LogP contribution is 2.21. The lowest BCUT2D eigenvalue weighted by Crippen LogP contribution is -2.25. The summed E-state index contributed by atoms with van der Waals surface area (Å²) in [6.45, 7) is 0.295. The third-order valence-corrected chi connectivity index (χ3v) is 6.07. The van der Waals surface area contributed by atoms with Crippen LogP contribution in [0.5, 0.6) is 0 Å². The van der Waals surface area contributed by atoms with Crippen molar-refractivity contribution in [1.82, 2.24) is 5.32 Å². The van der Waals surface area contributed by atoms with Crippen LogP contribution < -0.4 is 10.0 Å². The first-order chi connectivity index (χ1) is 13.3. The molecule has 144 valence electrons. The molecule has 0 bridgehead atoms. The predicted octanol–water partition coefficient (Wildman–Crippen LogP) is 4.83. The number of carbonyl (C=O) groups is 1. The Morgan fingerprint density at radius 1 is 0.929 bits per heavy atom. The van der Waals surface area contributed by atoms with Gasteiger partial charge in [-0.25, -0.2) is 8.42 Å². The molecule has 8 heteroatoms. The second-order valence-corrected chi connectivity index (χ2v) is 8.95. The fourth-order valence-corrected chi connectivity index (χ4v) is 3.94. The Bertz CT molecular complexity index is 1090. The molecular formula is C20H16BrClN2O3S. The molecular weight excluding hydrogens is 464 g/mol. The Balaban J connectivity index is 1.77. The smallest absolute Gasteiger partial charge is 0.261 e. The van der Waals surface area contributed by atoms with Gasteiger partial charge in [0.05, 0.1) is 16.1 Å². The molecule has 0 saturated heterocycles. The van der Waals surface area contributed by atoms with E-state index in [4.69, 9.17) is 11.6 Å². The first-order valence-electron chi connectivity index (χ1n) is 8.25. The van der Waals surface area contributed by atoms with E-state index in [0.717, 1.165) is 10.0 Å². The molecule has 0 atom stereocenters. The fourth-order valence-electron chi connectivity index (χ4n) is 2.47. The van der Waals surface area contributed by atoms with Crippen molar-refractivity contribution in [2.45, 2.75) is 11.4 Å². The number of amides is 1. The third-order valence-electron chi connectivity index (χ3n) is 3.91. The zero-order valence-electron chi connectivity index (χ0n) is 14.5. The monoisotopic (exact) mass is 478 g/mol. The van der Waals surface area contributed by atoms with Crippen LogP contribution in [0.4, 0.5) is 5.69 Å². The number of hydrogen-bond donors (Lipinski definition) is 2. The van der Waals surface area contributed by atoms with Crippen molar-refractivity contribution in [2.24, 2.45) is 0 Å². The van der Waals surface area contributed by atoms with E-state index in [9.17, 15) is 13.2 Å². The molecule has 2 N–H and O–H groups in total. The summed E-state index contributed by atoms with van der Waals surface area (Å²) >= 11 is 9.13. The number of anilines is 1. The lowest BCUT2D eigenvalue weighted by atomic mass is 10.1. The fraction of sp³-hybridized carbons (Fsp3) is 0.0500. The number of halogens is 2. The molecule has 0 aliphatic rings. The lowest BCUT2D eigenvalue weighted by Gasteiger charge is -2.13. The molecule has 0 fully saturated rings. The zero-order chi connectivity index (χ0) is 20.1. The van der Waals surface area contributed by atoms with E-state index in [2.05, 4.69) is 26.0 Å². The molecule has 0 aliphatic carbocycles. The molecule has 3 rings (SSSR count). The van der Waals surface area contributed by atoms with Crippen LogP contribution in [0.1, 0.15) is 15.9 Å². The van der Waals surface area contributed by atoms with Crippen LogP contribution in [0.25, 0.3) is 0 Å². The quantitative estimate of drug-likeness (QED) is 0.531. The van der Waals surface area contributed by atoms with E-state index in [1.165, 1.54) is 12.1 Å². The first-order valence-corrected chi connectivity index (χ1v) is 10.9. The van der Waals surface area contributed by atoms with E-state index in [1.54, 1.807) is 48.5 Å². The predicted molar refractivity (Wildman–Crippen MR) is 114 cm³/mol. The molecule has 5 nitrogen and oxygen atoms in total. The highest BCUT2D eigenvalue weighted by molar-refractivity contribution is 9.10. The highest BCUT2D eigenvalue weighted by Gasteiger charge is 2.18. The van der Waals surface area contributed by atoms with Gasteiger partial charge < -0.3 is 5.32 Å². The second-order valence-electron chi connectivity index (χ2n) is 5.91. The van der Waals surface area contributed by atoms with Gasteiger partial charge in [-0.05, 0) is 54.1 Å². The minimum absolute atomic E-state index is 0.104. The van der Waals surface area contributed by atoms with Gasteiger partial charge in [0, 0.05) is 16.0 Å². The van der Waals surface area contributed by atoms with Crippen LogP contribution in [-0.4, -0.2) is 14.3 Å². The van der Waals surface area contributed by atoms with Crippen LogP contribution in [0, 0.1) is 0 Å². The largest absolute Gasteiger partial charge is 0.348 e. The minimum Gasteiger partial charge on any atom is -0.348 e. The number of nitrogens with one attached hydrogen (secondary N) is 2. The maximum Gasteiger partial charge on any atom is 0.261 e. The van der Waals surface area contributed by atoms with E-state index in [1.807, 2.05) is 12.1 Å². The lowest BCUT2D eigenvalue weighted by molar-refractivity contribution is 0.0952. The summed E-state index contributed by atoms with van der Waals surface area (Å²) < 4.78 is 28.5.